The van der Waals surface area contributed by atoms with Crippen molar-refractivity contribution in [2.75, 3.05) is 13.2 Å². The molecule has 5 nitrogen and oxygen atoms in total. The Hall–Kier alpha value is -0.780. The molecule has 0 bridgehead atoms. The van der Waals surface area contributed by atoms with Gasteiger partial charge in [-0.1, -0.05) is 245 Å². The van der Waals surface area contributed by atoms with Crippen LogP contribution < -0.4 is 0 Å². The fourth-order valence-electron chi connectivity index (χ4n) is 8.34. The monoisotopic (exact) mass is 793 g/mol. The van der Waals surface area contributed by atoms with E-state index in [0.717, 1.165) is 44.9 Å². The molecule has 334 valence electrons. The van der Waals surface area contributed by atoms with E-state index in [1.165, 1.54) is 199 Å². The Balaban J connectivity index is 4.88. The van der Waals surface area contributed by atoms with Gasteiger partial charge in [-0.25, -0.2) is 0 Å². The SMILES string of the molecule is CCCCCCCCCCCCCCCC(=O)CC(C(=O)CCCCCCCCCCCCCCC)C(CCCCCCCCCCCCC)OCC(O)CO. The quantitative estimate of drug-likeness (QED) is 0.0600. The largest absolute Gasteiger partial charge is 0.394 e. The number of hydrogen-bond donors (Lipinski definition) is 2. The minimum atomic E-state index is -0.965. The molecule has 0 saturated heterocycles. The zero-order chi connectivity index (χ0) is 41.0. The molecule has 3 atom stereocenters. The van der Waals surface area contributed by atoms with E-state index in [2.05, 4.69) is 20.8 Å². The van der Waals surface area contributed by atoms with Crippen LogP contribution in [0.2, 0.25) is 0 Å². The summed E-state index contributed by atoms with van der Waals surface area (Å²) in [6.07, 6.45) is 47.8. The molecule has 3 unspecified atom stereocenters. The van der Waals surface area contributed by atoms with Crippen molar-refractivity contribution >= 4 is 11.6 Å². The lowest BCUT2D eigenvalue weighted by atomic mass is 9.85. The van der Waals surface area contributed by atoms with Crippen LogP contribution in [0.1, 0.15) is 284 Å². The highest BCUT2D eigenvalue weighted by Crippen LogP contribution is 2.26. The number of hydrogen-bond acceptors (Lipinski definition) is 5. The van der Waals surface area contributed by atoms with Gasteiger partial charge < -0.3 is 14.9 Å². The molecule has 2 N–H and O–H groups in total. The summed E-state index contributed by atoms with van der Waals surface area (Å²) in [6, 6.07) is 0. The summed E-state index contributed by atoms with van der Waals surface area (Å²) in [6.45, 7) is 6.46. The maximum absolute atomic E-state index is 13.9. The Morgan fingerprint density at radius 2 is 0.732 bits per heavy atom. The first-order chi connectivity index (χ1) is 27.5. The minimum Gasteiger partial charge on any atom is -0.394 e. The third kappa shape index (κ3) is 38.7. The van der Waals surface area contributed by atoms with Crippen molar-refractivity contribution < 1.29 is 24.5 Å². The number of ether oxygens (including phenoxy) is 1. The average molecular weight is 793 g/mol. The van der Waals surface area contributed by atoms with Crippen LogP contribution in [-0.4, -0.2) is 47.2 Å². The maximum atomic E-state index is 13.9. The Bertz CT molecular complexity index is 799. The van der Waals surface area contributed by atoms with Gasteiger partial charge >= 0.3 is 0 Å². The first-order valence-corrected chi connectivity index (χ1v) is 25.4. The van der Waals surface area contributed by atoms with Crippen molar-refractivity contribution in [1.29, 1.82) is 0 Å². The van der Waals surface area contributed by atoms with Gasteiger partial charge in [0.1, 0.15) is 17.7 Å². The molecule has 0 aromatic carbocycles. The highest BCUT2D eigenvalue weighted by Gasteiger charge is 2.31. The summed E-state index contributed by atoms with van der Waals surface area (Å²) in [5, 5.41) is 19.7. The summed E-state index contributed by atoms with van der Waals surface area (Å²) in [7, 11) is 0. The summed E-state index contributed by atoms with van der Waals surface area (Å²) < 4.78 is 6.23. The molecule has 0 aromatic rings. The van der Waals surface area contributed by atoms with Gasteiger partial charge in [-0.2, -0.15) is 0 Å². The Kier molecular flexibility index (Phi) is 44.7. The van der Waals surface area contributed by atoms with Crippen LogP contribution >= 0.6 is 0 Å². The number of ketones is 2. The lowest BCUT2D eigenvalue weighted by Gasteiger charge is -2.27. The summed E-state index contributed by atoms with van der Waals surface area (Å²) in [5.41, 5.74) is 0. The molecule has 0 aromatic heterocycles. The van der Waals surface area contributed by atoms with E-state index in [1.54, 1.807) is 0 Å². The zero-order valence-electron chi connectivity index (χ0n) is 38.3. The number of aliphatic hydroxyl groups is 2. The number of carbonyl (C=O) groups is 2. The van der Waals surface area contributed by atoms with Crippen LogP contribution in [0.4, 0.5) is 0 Å². The molecule has 0 aliphatic heterocycles. The maximum Gasteiger partial charge on any atom is 0.139 e. The molecule has 0 amide bonds. The van der Waals surface area contributed by atoms with E-state index in [9.17, 15) is 19.8 Å². The highest BCUT2D eigenvalue weighted by atomic mass is 16.5. The Morgan fingerprint density at radius 1 is 0.429 bits per heavy atom. The van der Waals surface area contributed by atoms with Gasteiger partial charge in [0.15, 0.2) is 0 Å². The van der Waals surface area contributed by atoms with E-state index in [0.29, 0.717) is 12.8 Å². The molecule has 56 heavy (non-hydrogen) atoms. The second kappa shape index (κ2) is 45.3. The van der Waals surface area contributed by atoms with Crippen molar-refractivity contribution in [3.8, 4) is 0 Å². The fourth-order valence-corrected chi connectivity index (χ4v) is 8.34. The highest BCUT2D eigenvalue weighted by molar-refractivity contribution is 5.88. The number of aliphatic hydroxyl groups excluding tert-OH is 2. The molecular weight excluding hydrogens is 693 g/mol. The second-order valence-corrected chi connectivity index (χ2v) is 17.8. The van der Waals surface area contributed by atoms with Crippen LogP contribution in [0, 0.1) is 5.92 Å². The van der Waals surface area contributed by atoms with E-state index < -0.39 is 12.0 Å². The van der Waals surface area contributed by atoms with Crippen molar-refractivity contribution in [2.24, 2.45) is 5.92 Å². The third-order valence-corrected chi connectivity index (χ3v) is 12.2. The van der Waals surface area contributed by atoms with Gasteiger partial charge in [-0.15, -0.1) is 0 Å². The molecule has 0 heterocycles. The van der Waals surface area contributed by atoms with Crippen molar-refractivity contribution in [1.82, 2.24) is 0 Å². The number of rotatable bonds is 48. The van der Waals surface area contributed by atoms with Crippen LogP contribution in [-0.2, 0) is 14.3 Å². The molecule has 0 aliphatic carbocycles. The molecule has 0 aliphatic rings. The lowest BCUT2D eigenvalue weighted by molar-refractivity contribution is -0.135. The Labute approximate surface area is 350 Å². The molecule has 0 radical (unpaired) electrons. The van der Waals surface area contributed by atoms with Crippen LogP contribution in [0.15, 0.2) is 0 Å². The lowest BCUT2D eigenvalue weighted by Crippen LogP contribution is -2.35. The Morgan fingerprint density at radius 3 is 1.07 bits per heavy atom. The molecule has 0 rings (SSSR count). The smallest absolute Gasteiger partial charge is 0.139 e. The standard InChI is InChI=1S/C51H100O5/c1-4-7-10-13-16-19-22-24-27-29-32-35-38-41-47(53)44-49(50(55)42-39-36-33-30-28-25-23-20-17-14-11-8-5-2)51(56-46-48(54)45-52)43-40-37-34-31-26-21-18-15-12-9-6-3/h48-49,51-52,54H,4-46H2,1-3H3. The number of Topliss-reactive ketones (excluding diaryl/α,β-unsaturated/α-hetero) is 2. The van der Waals surface area contributed by atoms with Crippen LogP contribution in [0.5, 0.6) is 0 Å². The van der Waals surface area contributed by atoms with Gasteiger partial charge in [0.25, 0.3) is 0 Å². The number of carbonyl (C=O) groups excluding carboxylic acids is 2. The van der Waals surface area contributed by atoms with Gasteiger partial charge in [-0.3, -0.25) is 9.59 Å². The molecule has 0 spiro atoms. The van der Waals surface area contributed by atoms with E-state index in [-0.39, 0.29) is 37.3 Å². The fraction of sp³-hybridized carbons (Fsp3) is 0.961. The van der Waals surface area contributed by atoms with Crippen LogP contribution in [0.25, 0.3) is 0 Å². The summed E-state index contributed by atoms with van der Waals surface area (Å²) in [4.78, 5) is 27.3. The van der Waals surface area contributed by atoms with Gasteiger partial charge in [-0.05, 0) is 19.3 Å². The van der Waals surface area contributed by atoms with Gasteiger partial charge in [0, 0.05) is 19.3 Å². The predicted molar refractivity (Wildman–Crippen MR) is 243 cm³/mol. The van der Waals surface area contributed by atoms with Crippen LogP contribution in [0.3, 0.4) is 0 Å². The normalized spacial score (nSPS) is 13.3. The average Bonchev–Trinajstić information content (AvgIpc) is 3.20. The molecular formula is C51H100O5. The second-order valence-electron chi connectivity index (χ2n) is 17.8. The number of unbranched alkanes of at least 4 members (excludes halogenated alkanes) is 34. The first kappa shape index (κ1) is 55.2. The van der Waals surface area contributed by atoms with E-state index in [1.807, 2.05) is 0 Å². The summed E-state index contributed by atoms with van der Waals surface area (Å²) >= 11 is 0. The predicted octanol–water partition coefficient (Wildman–Crippen LogP) is 15.5. The van der Waals surface area contributed by atoms with E-state index in [4.69, 9.17) is 4.74 Å². The van der Waals surface area contributed by atoms with Gasteiger partial charge in [0.05, 0.1) is 25.2 Å². The zero-order valence-corrected chi connectivity index (χ0v) is 38.3. The van der Waals surface area contributed by atoms with E-state index >= 15 is 0 Å². The minimum absolute atomic E-state index is 0.00870. The van der Waals surface area contributed by atoms with Crippen molar-refractivity contribution in [2.45, 2.75) is 296 Å². The third-order valence-electron chi connectivity index (χ3n) is 12.2. The molecule has 0 saturated carbocycles. The van der Waals surface area contributed by atoms with Gasteiger partial charge in [0.2, 0.25) is 0 Å². The first-order valence-electron chi connectivity index (χ1n) is 25.4. The summed E-state index contributed by atoms with van der Waals surface area (Å²) in [5.74, 6) is -0.0961. The topological polar surface area (TPSA) is 83.8 Å². The van der Waals surface area contributed by atoms with Crippen molar-refractivity contribution in [3.63, 3.8) is 0 Å². The van der Waals surface area contributed by atoms with Crippen molar-refractivity contribution in [3.05, 3.63) is 0 Å². The molecule has 0 fully saturated rings. The molecule has 5 heteroatoms.